The zero-order valence-corrected chi connectivity index (χ0v) is 20.0. The molecule has 2 aromatic carbocycles. The van der Waals surface area contributed by atoms with E-state index in [1.165, 1.54) is 0 Å². The number of amides is 2. The molecule has 0 aliphatic heterocycles. The van der Waals surface area contributed by atoms with Gasteiger partial charge in [-0.3, -0.25) is 9.59 Å². The van der Waals surface area contributed by atoms with Gasteiger partial charge in [-0.15, -0.1) is 0 Å². The summed E-state index contributed by atoms with van der Waals surface area (Å²) in [5, 5.41) is 7.50. The molecule has 1 aliphatic rings. The van der Waals surface area contributed by atoms with Crippen LogP contribution in [0.4, 0.5) is 0 Å². The van der Waals surface area contributed by atoms with E-state index in [1.54, 1.807) is 36.4 Å². The fourth-order valence-electron chi connectivity index (χ4n) is 3.44. The van der Waals surface area contributed by atoms with Gasteiger partial charge in [-0.1, -0.05) is 59.2 Å². The van der Waals surface area contributed by atoms with Gasteiger partial charge in [0.2, 0.25) is 0 Å². The van der Waals surface area contributed by atoms with Gasteiger partial charge < -0.3 is 20.1 Å². The largest absolute Gasteiger partial charge is 0.482 e. The molecule has 10 heteroatoms. The van der Waals surface area contributed by atoms with E-state index in [1.807, 2.05) is 0 Å². The average Bonchev–Trinajstić information content (AvgIpc) is 2.74. The van der Waals surface area contributed by atoms with Crippen LogP contribution in [0.1, 0.15) is 25.7 Å². The predicted octanol–water partition coefficient (Wildman–Crippen LogP) is 5.30. The van der Waals surface area contributed by atoms with E-state index in [4.69, 9.17) is 55.9 Å². The molecule has 172 valence electrons. The molecule has 0 bridgehead atoms. The van der Waals surface area contributed by atoms with Crippen molar-refractivity contribution >= 4 is 58.2 Å². The first-order valence-electron chi connectivity index (χ1n) is 10.1. The van der Waals surface area contributed by atoms with Crippen molar-refractivity contribution < 1.29 is 19.1 Å². The van der Waals surface area contributed by atoms with Crippen molar-refractivity contribution in [2.45, 2.75) is 37.8 Å². The summed E-state index contributed by atoms with van der Waals surface area (Å²) in [5.74, 6) is 0.146. The number of hydrogen-bond acceptors (Lipinski definition) is 4. The van der Waals surface area contributed by atoms with E-state index in [2.05, 4.69) is 10.6 Å². The summed E-state index contributed by atoms with van der Waals surface area (Å²) in [6.45, 7) is -0.395. The molecule has 1 aliphatic carbocycles. The maximum absolute atomic E-state index is 12.4. The predicted molar refractivity (Wildman–Crippen MR) is 126 cm³/mol. The molecule has 2 aromatic rings. The number of benzene rings is 2. The number of hydrogen-bond donors (Lipinski definition) is 2. The molecule has 1 fully saturated rings. The molecule has 2 N–H and O–H groups in total. The van der Waals surface area contributed by atoms with Crippen LogP contribution < -0.4 is 20.1 Å². The van der Waals surface area contributed by atoms with Crippen LogP contribution in [-0.2, 0) is 9.59 Å². The second-order valence-corrected chi connectivity index (χ2v) is 9.05. The molecule has 0 saturated heterocycles. The standard InChI is InChI=1S/C22H22Cl4N2O4/c23-13-5-7-19(15(25)9-13)31-11-21(29)27-17-3-1-2-4-18(17)28-22(30)12-32-20-8-6-14(24)10-16(20)26/h5-10,17-18H,1-4,11-12H2,(H,27,29)(H,28,30). The highest BCUT2D eigenvalue weighted by atomic mass is 35.5. The smallest absolute Gasteiger partial charge is 0.258 e. The Kier molecular flexibility index (Phi) is 9.17. The normalized spacial score (nSPS) is 18.0. The summed E-state index contributed by atoms with van der Waals surface area (Å²) in [4.78, 5) is 24.8. The van der Waals surface area contributed by atoms with Gasteiger partial charge in [-0.05, 0) is 49.2 Å². The lowest BCUT2D eigenvalue weighted by Crippen LogP contribution is -2.54. The second kappa shape index (κ2) is 11.8. The maximum Gasteiger partial charge on any atom is 0.258 e. The SMILES string of the molecule is O=C(COc1ccc(Cl)cc1Cl)NC1CCCCC1NC(=O)COc1ccc(Cl)cc1Cl. The van der Waals surface area contributed by atoms with Crippen LogP contribution >= 0.6 is 46.4 Å². The molecule has 0 aromatic heterocycles. The van der Waals surface area contributed by atoms with Crippen molar-refractivity contribution in [2.24, 2.45) is 0 Å². The van der Waals surface area contributed by atoms with Crippen LogP contribution in [0.25, 0.3) is 0 Å². The fourth-order valence-corrected chi connectivity index (χ4v) is 4.37. The van der Waals surface area contributed by atoms with Gasteiger partial charge in [0.15, 0.2) is 13.2 Å². The van der Waals surface area contributed by atoms with Crippen molar-refractivity contribution in [3.05, 3.63) is 56.5 Å². The highest BCUT2D eigenvalue weighted by Gasteiger charge is 2.28. The zero-order chi connectivity index (χ0) is 23.1. The lowest BCUT2D eigenvalue weighted by Gasteiger charge is -2.32. The number of rotatable bonds is 8. The topological polar surface area (TPSA) is 76.7 Å². The number of carbonyl (C=O) groups excluding carboxylic acids is 2. The van der Waals surface area contributed by atoms with Gasteiger partial charge in [-0.25, -0.2) is 0 Å². The van der Waals surface area contributed by atoms with Gasteiger partial charge >= 0.3 is 0 Å². The van der Waals surface area contributed by atoms with Gasteiger partial charge in [0.1, 0.15) is 11.5 Å². The molecule has 0 radical (unpaired) electrons. The second-order valence-electron chi connectivity index (χ2n) is 7.36. The minimum atomic E-state index is -0.300. The van der Waals surface area contributed by atoms with Crippen LogP contribution in [0, 0.1) is 0 Å². The Morgan fingerprint density at radius 3 is 1.53 bits per heavy atom. The Balaban J connectivity index is 1.48. The number of ether oxygens (including phenoxy) is 2. The van der Waals surface area contributed by atoms with Crippen molar-refractivity contribution in [1.29, 1.82) is 0 Å². The summed E-state index contributed by atoms with van der Waals surface area (Å²) in [5.41, 5.74) is 0. The first-order chi connectivity index (χ1) is 15.3. The first kappa shape index (κ1) is 24.8. The summed E-state index contributed by atoms with van der Waals surface area (Å²) in [6, 6.07) is 9.15. The van der Waals surface area contributed by atoms with Gasteiger partial charge in [-0.2, -0.15) is 0 Å². The van der Waals surface area contributed by atoms with Crippen LogP contribution in [0.2, 0.25) is 20.1 Å². The molecular formula is C22H22Cl4N2O4. The Morgan fingerprint density at radius 2 is 1.16 bits per heavy atom. The van der Waals surface area contributed by atoms with Crippen molar-refractivity contribution in [3.63, 3.8) is 0 Å². The molecule has 1 saturated carbocycles. The van der Waals surface area contributed by atoms with Crippen LogP contribution in [0.3, 0.4) is 0 Å². The average molecular weight is 520 g/mol. The Morgan fingerprint density at radius 1 is 0.750 bits per heavy atom. The number of carbonyl (C=O) groups is 2. The van der Waals surface area contributed by atoms with Crippen molar-refractivity contribution in [1.82, 2.24) is 10.6 Å². The van der Waals surface area contributed by atoms with E-state index in [9.17, 15) is 9.59 Å². The lowest BCUT2D eigenvalue weighted by molar-refractivity contribution is -0.127. The third-order valence-electron chi connectivity index (χ3n) is 4.96. The maximum atomic E-state index is 12.4. The van der Waals surface area contributed by atoms with Crippen molar-refractivity contribution in [2.75, 3.05) is 13.2 Å². The van der Waals surface area contributed by atoms with Crippen LogP contribution in [-0.4, -0.2) is 37.1 Å². The quantitative estimate of drug-likeness (QED) is 0.496. The molecule has 2 unspecified atom stereocenters. The summed E-state index contributed by atoms with van der Waals surface area (Å²) < 4.78 is 11.0. The Bertz CT molecular complexity index is 895. The summed E-state index contributed by atoms with van der Waals surface area (Å²) >= 11 is 23.8. The molecule has 32 heavy (non-hydrogen) atoms. The van der Waals surface area contributed by atoms with Crippen molar-refractivity contribution in [3.8, 4) is 11.5 Å². The fraction of sp³-hybridized carbons (Fsp3) is 0.364. The Labute approximate surface area is 206 Å². The molecule has 2 atom stereocenters. The van der Waals surface area contributed by atoms with E-state index in [0.29, 0.717) is 31.6 Å². The van der Waals surface area contributed by atoms with E-state index < -0.39 is 0 Å². The van der Waals surface area contributed by atoms with E-state index in [0.717, 1.165) is 25.7 Å². The van der Waals surface area contributed by atoms with Crippen LogP contribution in [0.15, 0.2) is 36.4 Å². The molecular weight excluding hydrogens is 498 g/mol. The van der Waals surface area contributed by atoms with Gasteiger partial charge in [0.25, 0.3) is 11.8 Å². The molecule has 0 heterocycles. The minimum Gasteiger partial charge on any atom is -0.482 e. The molecule has 0 spiro atoms. The van der Waals surface area contributed by atoms with Gasteiger partial charge in [0.05, 0.1) is 10.0 Å². The van der Waals surface area contributed by atoms with Gasteiger partial charge in [0, 0.05) is 22.1 Å². The third-order valence-corrected chi connectivity index (χ3v) is 6.03. The van der Waals surface area contributed by atoms with Crippen LogP contribution in [0.5, 0.6) is 11.5 Å². The van der Waals surface area contributed by atoms with E-state index >= 15 is 0 Å². The lowest BCUT2D eigenvalue weighted by atomic mass is 9.90. The van der Waals surface area contributed by atoms with E-state index in [-0.39, 0.29) is 37.1 Å². The number of halogens is 4. The molecule has 2 amide bonds. The Hall–Kier alpha value is -1.86. The highest BCUT2D eigenvalue weighted by Crippen LogP contribution is 2.28. The molecule has 6 nitrogen and oxygen atoms in total. The third kappa shape index (κ3) is 7.34. The monoisotopic (exact) mass is 518 g/mol. The number of nitrogens with one attached hydrogen (secondary N) is 2. The summed E-state index contributed by atoms with van der Waals surface area (Å²) in [6.07, 6.45) is 3.42. The highest BCUT2D eigenvalue weighted by molar-refractivity contribution is 6.36. The minimum absolute atomic E-state index is 0.198. The summed E-state index contributed by atoms with van der Waals surface area (Å²) in [7, 11) is 0. The molecule has 3 rings (SSSR count). The first-order valence-corrected chi connectivity index (χ1v) is 11.6. The zero-order valence-electron chi connectivity index (χ0n) is 17.0.